The van der Waals surface area contributed by atoms with Crippen molar-refractivity contribution in [3.05, 3.63) is 29.3 Å². The van der Waals surface area contributed by atoms with Gasteiger partial charge in [0.05, 0.1) is 11.5 Å². The molecule has 0 bridgehead atoms. The lowest BCUT2D eigenvalue weighted by Gasteiger charge is -2.09. The van der Waals surface area contributed by atoms with E-state index >= 15 is 0 Å². The zero-order valence-electron chi connectivity index (χ0n) is 14.3. The number of anilines is 2. The first-order valence-corrected chi connectivity index (χ1v) is 10.6. The summed E-state index contributed by atoms with van der Waals surface area (Å²) in [6.07, 6.45) is 0. The molecule has 2 rings (SSSR count). The molecule has 0 aliphatic heterocycles. The van der Waals surface area contributed by atoms with Crippen molar-refractivity contribution in [3.8, 4) is 0 Å². The van der Waals surface area contributed by atoms with Crippen LogP contribution in [0.25, 0.3) is 0 Å². The van der Waals surface area contributed by atoms with Gasteiger partial charge in [-0.2, -0.15) is 0 Å². The van der Waals surface area contributed by atoms with Crippen molar-refractivity contribution >= 4 is 57.5 Å². The van der Waals surface area contributed by atoms with Gasteiger partial charge in [-0.1, -0.05) is 47.7 Å². The van der Waals surface area contributed by atoms with Gasteiger partial charge in [-0.15, -0.1) is 22.0 Å². The molecule has 0 aliphatic carbocycles. The Kier molecular flexibility index (Phi) is 7.73. The van der Waals surface area contributed by atoms with Gasteiger partial charge >= 0.3 is 0 Å². The Hall–Kier alpha value is -1.58. The van der Waals surface area contributed by atoms with E-state index in [0.717, 1.165) is 26.9 Å². The third-order valence-corrected chi connectivity index (χ3v) is 5.83. The Morgan fingerprint density at radius 1 is 1.12 bits per heavy atom. The van der Waals surface area contributed by atoms with Crippen LogP contribution in [0.15, 0.2) is 22.5 Å². The molecule has 1 aromatic carbocycles. The van der Waals surface area contributed by atoms with Crippen LogP contribution in [0.3, 0.4) is 0 Å². The van der Waals surface area contributed by atoms with Gasteiger partial charge in [-0.3, -0.25) is 14.9 Å². The van der Waals surface area contributed by atoms with Crippen molar-refractivity contribution in [1.29, 1.82) is 0 Å². The maximum absolute atomic E-state index is 12.0. The smallest absolute Gasteiger partial charge is 0.236 e. The van der Waals surface area contributed by atoms with Crippen LogP contribution in [0.2, 0.25) is 0 Å². The van der Waals surface area contributed by atoms with Gasteiger partial charge in [-0.05, 0) is 31.2 Å². The molecule has 2 aromatic rings. The fourth-order valence-corrected chi connectivity index (χ4v) is 4.26. The molecule has 1 aromatic heterocycles. The second-order valence-corrected chi connectivity index (χ2v) is 8.69. The number of thioether (sulfide) groups is 2. The van der Waals surface area contributed by atoms with Crippen LogP contribution in [-0.2, 0) is 9.59 Å². The standard InChI is InChI=1S/C16H20N4O2S3/c1-4-24-16-20-19-15(25-16)18-14(22)9-23-8-13(21)17-12-6-5-10(2)7-11(12)3/h5-7H,4,8-9H2,1-3H3,(H,17,21)(H,18,19,22). The highest BCUT2D eigenvalue weighted by Gasteiger charge is 2.10. The van der Waals surface area contributed by atoms with E-state index in [9.17, 15) is 9.59 Å². The molecule has 9 heteroatoms. The predicted molar refractivity (Wildman–Crippen MR) is 107 cm³/mol. The molecule has 2 N–H and O–H groups in total. The fraction of sp³-hybridized carbons (Fsp3) is 0.375. The summed E-state index contributed by atoms with van der Waals surface area (Å²) < 4.78 is 0.832. The molecule has 0 saturated carbocycles. The highest BCUT2D eigenvalue weighted by molar-refractivity contribution is 8.01. The third-order valence-electron chi connectivity index (χ3n) is 3.04. The number of benzene rings is 1. The number of carbonyl (C=O) groups excluding carboxylic acids is 2. The summed E-state index contributed by atoms with van der Waals surface area (Å²) in [5.41, 5.74) is 2.97. The minimum absolute atomic E-state index is 0.123. The molecule has 0 unspecified atom stereocenters. The maximum atomic E-state index is 12.0. The molecule has 134 valence electrons. The van der Waals surface area contributed by atoms with E-state index in [4.69, 9.17) is 0 Å². The zero-order valence-corrected chi connectivity index (χ0v) is 16.7. The number of aryl methyl sites for hydroxylation is 2. The molecule has 1 heterocycles. The average molecular weight is 397 g/mol. The maximum Gasteiger partial charge on any atom is 0.236 e. The van der Waals surface area contributed by atoms with Gasteiger partial charge in [0.2, 0.25) is 16.9 Å². The Balaban J connectivity index is 1.71. The largest absolute Gasteiger partial charge is 0.325 e. The molecule has 0 atom stereocenters. The Morgan fingerprint density at radius 2 is 1.84 bits per heavy atom. The van der Waals surface area contributed by atoms with Gasteiger partial charge in [0.25, 0.3) is 0 Å². The number of hydrogen-bond acceptors (Lipinski definition) is 7. The first-order chi connectivity index (χ1) is 12.0. The summed E-state index contributed by atoms with van der Waals surface area (Å²) in [5.74, 6) is 1.01. The van der Waals surface area contributed by atoms with Crippen molar-refractivity contribution in [2.75, 3.05) is 27.9 Å². The number of amides is 2. The van der Waals surface area contributed by atoms with Crippen molar-refractivity contribution in [3.63, 3.8) is 0 Å². The Morgan fingerprint density at radius 3 is 2.52 bits per heavy atom. The molecule has 0 fully saturated rings. The monoisotopic (exact) mass is 396 g/mol. The van der Waals surface area contributed by atoms with Crippen molar-refractivity contribution in [1.82, 2.24) is 10.2 Å². The minimum Gasteiger partial charge on any atom is -0.325 e. The zero-order chi connectivity index (χ0) is 18.2. The molecular weight excluding hydrogens is 376 g/mol. The number of nitrogens with zero attached hydrogens (tertiary/aromatic N) is 2. The van der Waals surface area contributed by atoms with Crippen LogP contribution in [0.4, 0.5) is 10.8 Å². The molecular formula is C16H20N4O2S3. The summed E-state index contributed by atoms with van der Waals surface area (Å²) in [4.78, 5) is 23.9. The minimum atomic E-state index is -0.187. The van der Waals surface area contributed by atoms with Crippen LogP contribution < -0.4 is 10.6 Å². The Labute approximate surface area is 159 Å². The van der Waals surface area contributed by atoms with Crippen LogP contribution in [0.1, 0.15) is 18.1 Å². The molecule has 0 spiro atoms. The van der Waals surface area contributed by atoms with Gasteiger partial charge in [0.15, 0.2) is 4.34 Å². The van der Waals surface area contributed by atoms with Crippen LogP contribution in [0.5, 0.6) is 0 Å². The average Bonchev–Trinajstić information content (AvgIpc) is 2.97. The summed E-state index contributed by atoms with van der Waals surface area (Å²) in [6.45, 7) is 6.00. The second kappa shape index (κ2) is 9.79. The van der Waals surface area contributed by atoms with Crippen molar-refractivity contribution in [2.45, 2.75) is 25.1 Å². The molecule has 25 heavy (non-hydrogen) atoms. The van der Waals surface area contributed by atoms with Crippen LogP contribution >= 0.6 is 34.9 Å². The highest BCUT2D eigenvalue weighted by atomic mass is 32.2. The number of hydrogen-bond donors (Lipinski definition) is 2. The van der Waals surface area contributed by atoms with Crippen molar-refractivity contribution < 1.29 is 9.59 Å². The van der Waals surface area contributed by atoms with Crippen molar-refractivity contribution in [2.24, 2.45) is 0 Å². The fourth-order valence-electron chi connectivity index (χ4n) is 1.97. The predicted octanol–water partition coefficient (Wildman–Crippen LogP) is 3.58. The second-order valence-electron chi connectivity index (χ2n) is 5.21. The lowest BCUT2D eigenvalue weighted by Crippen LogP contribution is -2.18. The van der Waals surface area contributed by atoms with E-state index in [1.807, 2.05) is 39.0 Å². The summed E-state index contributed by atoms with van der Waals surface area (Å²) in [5, 5.41) is 13.9. The number of nitrogens with one attached hydrogen (secondary N) is 2. The first-order valence-electron chi connectivity index (χ1n) is 7.69. The molecule has 0 radical (unpaired) electrons. The number of aromatic nitrogens is 2. The SMILES string of the molecule is CCSc1nnc(NC(=O)CSCC(=O)Nc2ccc(C)cc2C)s1. The van der Waals surface area contributed by atoms with E-state index < -0.39 is 0 Å². The quantitative estimate of drug-likeness (QED) is 0.524. The molecule has 0 aliphatic rings. The normalized spacial score (nSPS) is 10.5. The van der Waals surface area contributed by atoms with Gasteiger partial charge < -0.3 is 5.32 Å². The number of carbonyl (C=O) groups is 2. The van der Waals surface area contributed by atoms with Gasteiger partial charge in [-0.25, -0.2) is 0 Å². The van der Waals surface area contributed by atoms with Crippen LogP contribution in [0, 0.1) is 13.8 Å². The van der Waals surface area contributed by atoms with Gasteiger partial charge in [0.1, 0.15) is 0 Å². The van der Waals surface area contributed by atoms with Gasteiger partial charge in [0, 0.05) is 5.69 Å². The van der Waals surface area contributed by atoms with E-state index in [-0.39, 0.29) is 23.3 Å². The lowest BCUT2D eigenvalue weighted by atomic mass is 10.1. The van der Waals surface area contributed by atoms with E-state index in [0.29, 0.717) is 5.13 Å². The number of rotatable bonds is 8. The van der Waals surface area contributed by atoms with E-state index in [1.54, 1.807) is 11.8 Å². The van der Waals surface area contributed by atoms with Crippen LogP contribution in [-0.4, -0.2) is 39.3 Å². The topological polar surface area (TPSA) is 84.0 Å². The molecule has 6 nitrogen and oxygen atoms in total. The third kappa shape index (κ3) is 6.68. The molecule has 2 amide bonds. The lowest BCUT2D eigenvalue weighted by molar-refractivity contribution is -0.114. The summed E-state index contributed by atoms with van der Waals surface area (Å²) >= 11 is 4.19. The summed E-state index contributed by atoms with van der Waals surface area (Å²) in [6, 6.07) is 5.86. The van der Waals surface area contributed by atoms with E-state index in [2.05, 4.69) is 20.8 Å². The summed E-state index contributed by atoms with van der Waals surface area (Å²) in [7, 11) is 0. The van der Waals surface area contributed by atoms with E-state index in [1.165, 1.54) is 23.1 Å². The highest BCUT2D eigenvalue weighted by Crippen LogP contribution is 2.25. The first kappa shape index (κ1) is 19.7. The molecule has 0 saturated heterocycles. The Bertz CT molecular complexity index is 749.